The Hall–Kier alpha value is -1.30. The van der Waals surface area contributed by atoms with Crippen LogP contribution in [0.2, 0.25) is 0 Å². The lowest BCUT2D eigenvalue weighted by Gasteiger charge is -2.41. The molecule has 0 saturated carbocycles. The number of likely N-dealkylation sites (tertiary alicyclic amines) is 2. The van der Waals surface area contributed by atoms with E-state index in [9.17, 15) is 14.7 Å². The molecule has 108 valence electrons. The number of aliphatic carboxylic acids is 1. The van der Waals surface area contributed by atoms with Crippen LogP contribution in [0.15, 0.2) is 0 Å². The third kappa shape index (κ3) is 3.37. The first-order valence-corrected chi connectivity index (χ1v) is 6.88. The number of hydrogen-bond donors (Lipinski definition) is 2. The molecule has 2 rings (SSSR count). The number of carbonyl (C=O) groups is 2. The topological polar surface area (TPSA) is 81.1 Å². The molecule has 2 heterocycles. The Balaban J connectivity index is 1.97. The van der Waals surface area contributed by atoms with Gasteiger partial charge >= 0.3 is 12.0 Å². The first-order chi connectivity index (χ1) is 8.89. The molecule has 2 aliphatic heterocycles. The minimum atomic E-state index is -0.830. The van der Waals surface area contributed by atoms with E-state index in [1.807, 2.05) is 0 Å². The van der Waals surface area contributed by atoms with Crippen molar-refractivity contribution < 1.29 is 19.8 Å². The number of piperidine rings is 2. The molecule has 2 atom stereocenters. The van der Waals surface area contributed by atoms with Gasteiger partial charge in [0.1, 0.15) is 0 Å². The van der Waals surface area contributed by atoms with Crippen LogP contribution in [0.5, 0.6) is 0 Å². The summed E-state index contributed by atoms with van der Waals surface area (Å²) < 4.78 is 0. The summed E-state index contributed by atoms with van der Waals surface area (Å²) in [5.41, 5.74) is -0.824. The number of carboxylic acids is 1. The summed E-state index contributed by atoms with van der Waals surface area (Å²) >= 11 is 0. The highest BCUT2D eigenvalue weighted by atomic mass is 16.4. The van der Waals surface area contributed by atoms with Crippen molar-refractivity contribution in [2.24, 2.45) is 5.92 Å². The van der Waals surface area contributed by atoms with Gasteiger partial charge in [-0.05, 0) is 32.6 Å². The summed E-state index contributed by atoms with van der Waals surface area (Å²) in [4.78, 5) is 26.6. The fourth-order valence-electron chi connectivity index (χ4n) is 2.94. The van der Waals surface area contributed by atoms with E-state index in [1.165, 1.54) is 0 Å². The van der Waals surface area contributed by atoms with Gasteiger partial charge in [-0.2, -0.15) is 0 Å². The van der Waals surface area contributed by atoms with E-state index >= 15 is 0 Å². The molecular weight excluding hydrogens is 248 g/mol. The Morgan fingerprint density at radius 1 is 1.21 bits per heavy atom. The molecule has 2 N–H and O–H groups in total. The number of amides is 2. The summed E-state index contributed by atoms with van der Waals surface area (Å²) in [5, 5.41) is 19.1. The lowest BCUT2D eigenvalue weighted by molar-refractivity contribution is -0.143. The van der Waals surface area contributed by atoms with Crippen molar-refractivity contribution >= 4 is 12.0 Å². The number of hydrogen-bond acceptors (Lipinski definition) is 3. The zero-order chi connectivity index (χ0) is 14.0. The average molecular weight is 270 g/mol. The Morgan fingerprint density at radius 3 is 2.53 bits per heavy atom. The average Bonchev–Trinajstić information content (AvgIpc) is 2.37. The highest BCUT2D eigenvalue weighted by molar-refractivity contribution is 5.77. The Morgan fingerprint density at radius 2 is 1.89 bits per heavy atom. The second-order valence-electron chi connectivity index (χ2n) is 5.93. The predicted molar refractivity (Wildman–Crippen MR) is 68.8 cm³/mol. The SMILES string of the molecule is CC1(O)CCCN(C(=O)N2CCC[C@@H](C(=O)O)C2)C1. The molecule has 6 heteroatoms. The molecule has 6 nitrogen and oxygen atoms in total. The van der Waals surface area contributed by atoms with Crippen molar-refractivity contribution in [1.82, 2.24) is 9.80 Å². The van der Waals surface area contributed by atoms with Crippen LogP contribution in [-0.4, -0.2) is 63.8 Å². The number of nitrogens with zero attached hydrogens (tertiary/aromatic N) is 2. The summed E-state index contributed by atoms with van der Waals surface area (Å²) in [6.07, 6.45) is 2.85. The molecule has 0 aromatic carbocycles. The molecule has 2 fully saturated rings. The zero-order valence-corrected chi connectivity index (χ0v) is 11.3. The molecule has 0 aliphatic carbocycles. The van der Waals surface area contributed by atoms with E-state index in [2.05, 4.69) is 0 Å². The van der Waals surface area contributed by atoms with E-state index in [4.69, 9.17) is 5.11 Å². The molecule has 0 radical (unpaired) electrons. The Bertz CT molecular complexity index is 370. The van der Waals surface area contributed by atoms with E-state index in [-0.39, 0.29) is 12.6 Å². The fourth-order valence-corrected chi connectivity index (χ4v) is 2.94. The van der Waals surface area contributed by atoms with Gasteiger partial charge in [0.15, 0.2) is 0 Å². The normalized spacial score (nSPS) is 32.2. The second-order valence-corrected chi connectivity index (χ2v) is 5.93. The maximum atomic E-state index is 12.4. The predicted octanol–water partition coefficient (Wildman–Crippen LogP) is 0.750. The van der Waals surface area contributed by atoms with Gasteiger partial charge in [-0.1, -0.05) is 0 Å². The third-order valence-electron chi connectivity index (χ3n) is 3.99. The zero-order valence-electron chi connectivity index (χ0n) is 11.3. The first-order valence-electron chi connectivity index (χ1n) is 6.88. The van der Waals surface area contributed by atoms with Crippen LogP contribution in [0.1, 0.15) is 32.6 Å². The van der Waals surface area contributed by atoms with Crippen LogP contribution in [0.25, 0.3) is 0 Å². The summed E-state index contributed by atoms with van der Waals surface area (Å²) in [6.45, 7) is 3.61. The van der Waals surface area contributed by atoms with Crippen molar-refractivity contribution in [2.45, 2.75) is 38.2 Å². The molecule has 2 amide bonds. The summed E-state index contributed by atoms with van der Waals surface area (Å²) in [5.74, 6) is -1.29. The number of urea groups is 1. The molecule has 0 spiro atoms. The van der Waals surface area contributed by atoms with E-state index < -0.39 is 17.5 Å². The lowest BCUT2D eigenvalue weighted by atomic mass is 9.95. The van der Waals surface area contributed by atoms with Gasteiger partial charge in [0.05, 0.1) is 18.1 Å². The number of aliphatic hydroxyl groups is 1. The van der Waals surface area contributed by atoms with Crippen LogP contribution in [-0.2, 0) is 4.79 Å². The van der Waals surface area contributed by atoms with E-state index in [1.54, 1.807) is 16.7 Å². The minimum absolute atomic E-state index is 0.133. The molecule has 1 unspecified atom stereocenters. The van der Waals surface area contributed by atoms with Crippen molar-refractivity contribution in [3.63, 3.8) is 0 Å². The van der Waals surface area contributed by atoms with Gasteiger partial charge in [-0.15, -0.1) is 0 Å². The number of β-amino-alcohol motifs (C(OH)–C–C–N with tert-alkyl or cyclic N) is 1. The van der Waals surface area contributed by atoms with Crippen LogP contribution in [0, 0.1) is 5.92 Å². The van der Waals surface area contributed by atoms with Gasteiger partial charge in [0.2, 0.25) is 0 Å². The Labute approximate surface area is 113 Å². The van der Waals surface area contributed by atoms with Gasteiger partial charge in [-0.25, -0.2) is 4.79 Å². The Kier molecular flexibility index (Phi) is 3.99. The van der Waals surface area contributed by atoms with Crippen molar-refractivity contribution in [2.75, 3.05) is 26.2 Å². The molecule has 0 aromatic rings. The molecule has 0 aromatic heterocycles. The lowest BCUT2D eigenvalue weighted by Crippen LogP contribution is -2.55. The van der Waals surface area contributed by atoms with Crippen LogP contribution < -0.4 is 0 Å². The third-order valence-corrected chi connectivity index (χ3v) is 3.99. The highest BCUT2D eigenvalue weighted by Gasteiger charge is 2.35. The monoisotopic (exact) mass is 270 g/mol. The number of carboxylic acid groups (broad SMARTS) is 1. The first kappa shape index (κ1) is 14.1. The number of rotatable bonds is 1. The van der Waals surface area contributed by atoms with Crippen molar-refractivity contribution in [1.29, 1.82) is 0 Å². The molecule has 2 aliphatic rings. The quantitative estimate of drug-likeness (QED) is 0.736. The highest BCUT2D eigenvalue weighted by Crippen LogP contribution is 2.23. The van der Waals surface area contributed by atoms with Crippen molar-refractivity contribution in [3.8, 4) is 0 Å². The standard InChI is InChI=1S/C13H22N2O4/c1-13(19)5-3-7-15(9-13)12(18)14-6-2-4-10(8-14)11(16)17/h10,19H,2-9H2,1H3,(H,16,17)/t10-,13?/m1/s1. The van der Waals surface area contributed by atoms with Gasteiger partial charge in [0.25, 0.3) is 0 Å². The van der Waals surface area contributed by atoms with Gasteiger partial charge < -0.3 is 20.0 Å². The van der Waals surface area contributed by atoms with Crippen molar-refractivity contribution in [3.05, 3.63) is 0 Å². The van der Waals surface area contributed by atoms with Crippen LogP contribution in [0.4, 0.5) is 4.79 Å². The summed E-state index contributed by atoms with van der Waals surface area (Å²) in [7, 11) is 0. The van der Waals surface area contributed by atoms with Crippen LogP contribution in [0.3, 0.4) is 0 Å². The maximum Gasteiger partial charge on any atom is 0.320 e. The number of carbonyl (C=O) groups excluding carboxylic acids is 1. The molecule has 19 heavy (non-hydrogen) atoms. The molecular formula is C13H22N2O4. The van der Waals surface area contributed by atoms with Gasteiger partial charge in [-0.3, -0.25) is 4.79 Å². The van der Waals surface area contributed by atoms with E-state index in [0.717, 1.165) is 12.8 Å². The van der Waals surface area contributed by atoms with E-state index in [0.29, 0.717) is 32.5 Å². The molecule has 0 bridgehead atoms. The largest absolute Gasteiger partial charge is 0.481 e. The summed E-state index contributed by atoms with van der Waals surface area (Å²) in [6, 6.07) is -0.133. The second kappa shape index (κ2) is 5.36. The maximum absolute atomic E-state index is 12.4. The van der Waals surface area contributed by atoms with Gasteiger partial charge in [0, 0.05) is 19.6 Å². The minimum Gasteiger partial charge on any atom is -0.481 e. The smallest absolute Gasteiger partial charge is 0.320 e. The van der Waals surface area contributed by atoms with Crippen LogP contribution >= 0.6 is 0 Å². The molecule has 2 saturated heterocycles. The fraction of sp³-hybridized carbons (Fsp3) is 0.846.